The average Bonchev–Trinajstić information content (AvgIpc) is 2.04. The van der Waals surface area contributed by atoms with Crippen LogP contribution in [0.1, 0.15) is 0 Å². The van der Waals surface area contributed by atoms with Gasteiger partial charge >= 0.3 is 0 Å². The largest absolute Gasteiger partial charge is 0.369 e. The number of aliphatic imine (C=N–C) groups is 1. The van der Waals surface area contributed by atoms with Crippen molar-refractivity contribution >= 4 is 17.7 Å². The molecule has 0 rings (SSSR count). The van der Waals surface area contributed by atoms with Crippen molar-refractivity contribution in [3.8, 4) is 12.3 Å². The summed E-state index contributed by atoms with van der Waals surface area (Å²) >= 11 is 1.64. The van der Waals surface area contributed by atoms with Gasteiger partial charge in [0.05, 0.1) is 12.3 Å². The van der Waals surface area contributed by atoms with Crippen LogP contribution < -0.4 is 17.0 Å². The van der Waals surface area contributed by atoms with Crippen LogP contribution in [0.25, 0.3) is 0 Å². The zero-order valence-corrected chi connectivity index (χ0v) is 7.03. The van der Waals surface area contributed by atoms with E-state index in [1.165, 1.54) is 0 Å². The predicted molar refractivity (Wildman–Crippen MR) is 50.0 cm³/mol. The SMILES string of the molecule is C#CCSCCN=C(N)NN. The third-order valence-electron chi connectivity index (χ3n) is 0.851. The van der Waals surface area contributed by atoms with Crippen molar-refractivity contribution in [3.63, 3.8) is 0 Å². The van der Waals surface area contributed by atoms with E-state index < -0.39 is 0 Å². The Bertz CT molecular complexity index is 160. The molecule has 0 aromatic carbocycles. The molecule has 0 radical (unpaired) electrons. The fourth-order valence-corrected chi connectivity index (χ4v) is 0.890. The van der Waals surface area contributed by atoms with Crippen molar-refractivity contribution < 1.29 is 0 Å². The molecule has 0 aliphatic heterocycles. The molecule has 0 aromatic rings. The van der Waals surface area contributed by atoms with E-state index in [1.54, 1.807) is 11.8 Å². The molecule has 62 valence electrons. The lowest BCUT2D eigenvalue weighted by molar-refractivity contribution is 0.978. The van der Waals surface area contributed by atoms with Crippen LogP contribution in [-0.2, 0) is 0 Å². The van der Waals surface area contributed by atoms with Gasteiger partial charge in [0.15, 0.2) is 0 Å². The highest BCUT2D eigenvalue weighted by Crippen LogP contribution is 1.96. The Morgan fingerprint density at radius 1 is 1.73 bits per heavy atom. The van der Waals surface area contributed by atoms with Crippen LogP contribution in [0.15, 0.2) is 4.99 Å². The summed E-state index contributed by atoms with van der Waals surface area (Å²) in [6.07, 6.45) is 5.03. The minimum Gasteiger partial charge on any atom is -0.369 e. The van der Waals surface area contributed by atoms with Gasteiger partial charge in [-0.25, -0.2) is 5.84 Å². The number of thioether (sulfide) groups is 1. The molecule has 0 spiro atoms. The number of hydrazine groups is 1. The van der Waals surface area contributed by atoms with E-state index in [4.69, 9.17) is 18.0 Å². The minimum atomic E-state index is 0.256. The van der Waals surface area contributed by atoms with Gasteiger partial charge in [-0.1, -0.05) is 5.92 Å². The van der Waals surface area contributed by atoms with Crippen LogP contribution in [0.4, 0.5) is 0 Å². The molecular formula is C6H12N4S. The maximum absolute atomic E-state index is 5.25. The first-order valence-corrected chi connectivity index (χ1v) is 4.24. The number of rotatable bonds is 4. The summed E-state index contributed by atoms with van der Waals surface area (Å²) < 4.78 is 0. The quantitative estimate of drug-likeness (QED) is 0.129. The zero-order chi connectivity index (χ0) is 8.53. The Morgan fingerprint density at radius 3 is 3.00 bits per heavy atom. The molecule has 0 aromatic heterocycles. The fourth-order valence-electron chi connectivity index (χ4n) is 0.407. The number of nitrogens with zero attached hydrogens (tertiary/aromatic N) is 1. The minimum absolute atomic E-state index is 0.256. The number of nitrogens with one attached hydrogen (secondary N) is 1. The molecule has 0 aliphatic rings. The van der Waals surface area contributed by atoms with Crippen LogP contribution in [-0.4, -0.2) is 24.0 Å². The highest BCUT2D eigenvalue weighted by atomic mass is 32.2. The summed E-state index contributed by atoms with van der Waals surface area (Å²) in [5.74, 6) is 9.32. The van der Waals surface area contributed by atoms with Crippen LogP contribution >= 0.6 is 11.8 Å². The second-order valence-electron chi connectivity index (χ2n) is 1.67. The molecule has 0 fully saturated rings. The fraction of sp³-hybridized carbons (Fsp3) is 0.500. The monoisotopic (exact) mass is 172 g/mol. The van der Waals surface area contributed by atoms with Crippen molar-refractivity contribution in [1.29, 1.82) is 0 Å². The molecule has 11 heavy (non-hydrogen) atoms. The van der Waals surface area contributed by atoms with Crippen LogP contribution in [0, 0.1) is 12.3 Å². The smallest absolute Gasteiger partial charge is 0.203 e. The first-order chi connectivity index (χ1) is 5.31. The van der Waals surface area contributed by atoms with Gasteiger partial charge in [-0.15, -0.1) is 18.2 Å². The Kier molecular flexibility index (Phi) is 6.68. The van der Waals surface area contributed by atoms with Gasteiger partial charge in [-0.2, -0.15) is 0 Å². The van der Waals surface area contributed by atoms with Crippen LogP contribution in [0.2, 0.25) is 0 Å². The number of hydrogen-bond donors (Lipinski definition) is 3. The molecule has 0 bridgehead atoms. The highest BCUT2D eigenvalue weighted by molar-refractivity contribution is 7.99. The summed E-state index contributed by atoms with van der Waals surface area (Å²) in [6.45, 7) is 0.641. The van der Waals surface area contributed by atoms with Crippen LogP contribution in [0.5, 0.6) is 0 Å². The Hall–Kier alpha value is -0.860. The third-order valence-corrected chi connectivity index (χ3v) is 1.69. The standard InChI is InChI=1S/C6H12N4S/c1-2-4-11-5-3-9-6(7)10-8/h1H,3-5,8H2,(H3,7,9,10). The molecule has 0 amide bonds. The van der Waals surface area contributed by atoms with E-state index in [1.807, 2.05) is 0 Å². The summed E-state index contributed by atoms with van der Waals surface area (Å²) in [4.78, 5) is 3.88. The molecule has 4 nitrogen and oxygen atoms in total. The van der Waals surface area contributed by atoms with E-state index in [9.17, 15) is 0 Å². The molecule has 0 unspecified atom stereocenters. The van der Waals surface area contributed by atoms with Gasteiger partial charge in [-0.05, 0) is 0 Å². The average molecular weight is 172 g/mol. The van der Waals surface area contributed by atoms with Gasteiger partial charge < -0.3 is 5.73 Å². The maximum atomic E-state index is 5.25. The van der Waals surface area contributed by atoms with Gasteiger partial charge in [0.2, 0.25) is 5.96 Å². The molecule has 0 aliphatic carbocycles. The summed E-state index contributed by atoms with van der Waals surface area (Å²) in [5, 5.41) is 0. The van der Waals surface area contributed by atoms with Crippen molar-refractivity contribution in [2.75, 3.05) is 18.1 Å². The van der Waals surface area contributed by atoms with E-state index >= 15 is 0 Å². The molecular weight excluding hydrogens is 160 g/mol. The molecule has 0 saturated carbocycles. The first kappa shape index (κ1) is 10.1. The number of hydrogen-bond acceptors (Lipinski definition) is 3. The second-order valence-corrected chi connectivity index (χ2v) is 2.77. The van der Waals surface area contributed by atoms with Crippen molar-refractivity contribution in [1.82, 2.24) is 5.43 Å². The molecule has 5 N–H and O–H groups in total. The number of nitrogens with two attached hydrogens (primary N) is 2. The van der Waals surface area contributed by atoms with Gasteiger partial charge in [0, 0.05) is 5.75 Å². The normalized spacial score (nSPS) is 10.7. The lowest BCUT2D eigenvalue weighted by Crippen LogP contribution is -2.37. The van der Waals surface area contributed by atoms with E-state index in [0.29, 0.717) is 12.3 Å². The first-order valence-electron chi connectivity index (χ1n) is 3.09. The topological polar surface area (TPSA) is 76.4 Å². The molecule has 0 saturated heterocycles. The van der Waals surface area contributed by atoms with Crippen molar-refractivity contribution in [2.24, 2.45) is 16.6 Å². The summed E-state index contributed by atoms with van der Waals surface area (Å²) in [6, 6.07) is 0. The van der Waals surface area contributed by atoms with Crippen molar-refractivity contribution in [3.05, 3.63) is 0 Å². The Balaban J connectivity index is 3.21. The summed E-state index contributed by atoms with van der Waals surface area (Å²) in [5.41, 5.74) is 7.49. The number of guanidine groups is 1. The molecule has 5 heteroatoms. The predicted octanol–water partition coefficient (Wildman–Crippen LogP) is -0.869. The van der Waals surface area contributed by atoms with Gasteiger partial charge in [0.1, 0.15) is 0 Å². The summed E-state index contributed by atoms with van der Waals surface area (Å²) in [7, 11) is 0. The lowest BCUT2D eigenvalue weighted by atomic mass is 10.8. The maximum Gasteiger partial charge on any atom is 0.203 e. The third kappa shape index (κ3) is 7.03. The number of terminal acetylenes is 1. The Morgan fingerprint density at radius 2 is 2.45 bits per heavy atom. The van der Waals surface area contributed by atoms with Gasteiger partial charge in [-0.3, -0.25) is 10.4 Å². The highest BCUT2D eigenvalue weighted by Gasteiger charge is 1.86. The molecule has 0 atom stereocenters. The van der Waals surface area contributed by atoms with E-state index in [2.05, 4.69) is 16.3 Å². The zero-order valence-electron chi connectivity index (χ0n) is 6.21. The van der Waals surface area contributed by atoms with E-state index in [0.717, 1.165) is 5.75 Å². The Labute approximate surface area is 70.8 Å². The van der Waals surface area contributed by atoms with Gasteiger partial charge in [0.25, 0.3) is 0 Å². The van der Waals surface area contributed by atoms with Crippen molar-refractivity contribution in [2.45, 2.75) is 0 Å². The molecule has 0 heterocycles. The van der Waals surface area contributed by atoms with Crippen LogP contribution in [0.3, 0.4) is 0 Å². The van der Waals surface area contributed by atoms with E-state index in [-0.39, 0.29) is 5.96 Å². The lowest BCUT2D eigenvalue weighted by Gasteiger charge is -1.96. The second kappa shape index (κ2) is 7.25.